The van der Waals surface area contributed by atoms with Crippen LogP contribution in [0.15, 0.2) is 164 Å². The number of halogens is 1. The molecule has 0 fully saturated rings. The summed E-state index contributed by atoms with van der Waals surface area (Å²) in [6.07, 6.45) is 0. The lowest BCUT2D eigenvalue weighted by Gasteiger charge is -2.31. The predicted molar refractivity (Wildman–Crippen MR) is 196 cm³/mol. The van der Waals surface area contributed by atoms with Crippen molar-refractivity contribution in [2.45, 2.75) is 19.3 Å². The fourth-order valence-corrected chi connectivity index (χ4v) is 7.41. The first-order chi connectivity index (χ1) is 22.5. The van der Waals surface area contributed by atoms with Gasteiger partial charge in [0, 0.05) is 44.4 Å². The van der Waals surface area contributed by atoms with E-state index < -0.39 is 0 Å². The van der Waals surface area contributed by atoms with E-state index in [1.807, 2.05) is 24.3 Å². The van der Waals surface area contributed by atoms with Crippen molar-refractivity contribution in [3.8, 4) is 11.1 Å². The fourth-order valence-electron chi connectivity index (χ4n) is 7.23. The maximum atomic E-state index is 6.54. The van der Waals surface area contributed by atoms with Gasteiger partial charge in [0.2, 0.25) is 0 Å². The molecule has 7 aromatic rings. The summed E-state index contributed by atoms with van der Waals surface area (Å²) in [6.45, 7) is 4.73. The van der Waals surface area contributed by atoms with Gasteiger partial charge in [-0.1, -0.05) is 123 Å². The van der Waals surface area contributed by atoms with Crippen LogP contribution in [-0.4, -0.2) is 0 Å². The summed E-state index contributed by atoms with van der Waals surface area (Å²) in [6, 6.07) is 58.2. The van der Waals surface area contributed by atoms with Crippen LogP contribution < -0.4 is 9.80 Å². The minimum Gasteiger partial charge on any atom is -0.310 e. The maximum Gasteiger partial charge on any atom is 0.0549 e. The number of fused-ring (bicyclic) bond motifs is 5. The number of hydrogen-bond donors (Lipinski definition) is 0. The Balaban J connectivity index is 1.40. The third-order valence-electron chi connectivity index (χ3n) is 9.21. The maximum absolute atomic E-state index is 6.54. The first-order valence-corrected chi connectivity index (χ1v) is 16.1. The highest BCUT2D eigenvalue weighted by molar-refractivity contribution is 6.30. The van der Waals surface area contributed by atoms with Gasteiger partial charge in [-0.3, -0.25) is 0 Å². The van der Waals surface area contributed by atoms with E-state index in [0.717, 1.165) is 28.4 Å². The van der Waals surface area contributed by atoms with Gasteiger partial charge in [-0.25, -0.2) is 0 Å². The minimum absolute atomic E-state index is 0.150. The van der Waals surface area contributed by atoms with E-state index >= 15 is 0 Å². The van der Waals surface area contributed by atoms with Crippen LogP contribution in [0.1, 0.15) is 25.0 Å². The van der Waals surface area contributed by atoms with E-state index in [4.69, 9.17) is 11.6 Å². The molecule has 2 nitrogen and oxygen atoms in total. The van der Waals surface area contributed by atoms with E-state index in [9.17, 15) is 0 Å². The van der Waals surface area contributed by atoms with Crippen LogP contribution >= 0.6 is 11.6 Å². The monoisotopic (exact) mass is 612 g/mol. The topological polar surface area (TPSA) is 6.48 Å². The van der Waals surface area contributed by atoms with Crippen molar-refractivity contribution in [2.24, 2.45) is 0 Å². The molecule has 0 aromatic heterocycles. The van der Waals surface area contributed by atoms with E-state index in [0.29, 0.717) is 5.02 Å². The molecule has 222 valence electrons. The number of hydrogen-bond acceptors (Lipinski definition) is 2. The number of nitrogens with zero attached hydrogens (tertiary/aromatic N) is 2. The zero-order valence-corrected chi connectivity index (χ0v) is 26.6. The Morgan fingerprint density at radius 3 is 1.74 bits per heavy atom. The van der Waals surface area contributed by atoms with Crippen LogP contribution in [0.5, 0.6) is 0 Å². The normalized spacial score (nSPS) is 12.8. The zero-order valence-electron chi connectivity index (χ0n) is 25.9. The fraction of sp³-hybridized carbons (Fsp3) is 0.0698. The summed E-state index contributed by atoms with van der Waals surface area (Å²) < 4.78 is 0. The quantitative estimate of drug-likeness (QED) is 0.184. The van der Waals surface area contributed by atoms with Gasteiger partial charge in [0.15, 0.2) is 0 Å². The molecule has 1 aliphatic rings. The Morgan fingerprint density at radius 1 is 0.478 bits per heavy atom. The molecule has 3 heteroatoms. The second-order valence-corrected chi connectivity index (χ2v) is 12.8. The molecule has 0 saturated heterocycles. The number of rotatable bonds is 6. The van der Waals surface area contributed by atoms with Gasteiger partial charge in [0.05, 0.1) is 5.69 Å². The molecule has 0 spiro atoms. The summed E-state index contributed by atoms with van der Waals surface area (Å²) in [4.78, 5) is 4.69. The number of para-hydroxylation sites is 2. The number of benzene rings is 7. The third kappa shape index (κ3) is 4.65. The predicted octanol–water partition coefficient (Wildman–Crippen LogP) is 12.7. The first-order valence-electron chi connectivity index (χ1n) is 15.7. The highest BCUT2D eigenvalue weighted by Crippen LogP contribution is 2.56. The SMILES string of the molecule is CC1(C)c2ccccc2-c2c(N(c3ccccc3)c3cccc(N(c4ccccc4)c4cccc(Cl)c4)c3)cc3ccccc3c21. The lowest BCUT2D eigenvalue weighted by molar-refractivity contribution is 0.666. The van der Waals surface area contributed by atoms with Crippen LogP contribution in [-0.2, 0) is 5.41 Å². The van der Waals surface area contributed by atoms with E-state index in [2.05, 4.69) is 163 Å². The molecule has 0 N–H and O–H groups in total. The van der Waals surface area contributed by atoms with Crippen LogP contribution in [0, 0.1) is 0 Å². The molecule has 46 heavy (non-hydrogen) atoms. The summed E-state index contributed by atoms with van der Waals surface area (Å²) in [5.74, 6) is 0. The Kier molecular flexibility index (Phi) is 6.89. The first kappa shape index (κ1) is 28.2. The van der Waals surface area contributed by atoms with Gasteiger partial charge in [0.1, 0.15) is 0 Å². The van der Waals surface area contributed by atoms with Gasteiger partial charge >= 0.3 is 0 Å². The zero-order chi connectivity index (χ0) is 31.3. The molecule has 0 heterocycles. The van der Waals surface area contributed by atoms with Crippen molar-refractivity contribution in [3.05, 3.63) is 180 Å². The standard InChI is InChI=1S/C43H33ClN2/c1-43(2)39-26-12-11-25-38(39)41-40(27-30-15-9-10-24-37(30)42(41)43)46(33-19-7-4-8-20-33)36-23-14-22-35(29-36)45(32-17-5-3-6-18-32)34-21-13-16-31(44)28-34/h3-29H,1-2H3. The summed E-state index contributed by atoms with van der Waals surface area (Å²) in [5, 5.41) is 3.24. The molecule has 7 aromatic carbocycles. The summed E-state index contributed by atoms with van der Waals surface area (Å²) in [7, 11) is 0. The molecule has 1 aliphatic carbocycles. The average Bonchev–Trinajstić information content (AvgIpc) is 3.33. The molecule has 0 bridgehead atoms. The van der Waals surface area contributed by atoms with Crippen molar-refractivity contribution in [1.29, 1.82) is 0 Å². The summed E-state index contributed by atoms with van der Waals surface area (Å²) >= 11 is 6.54. The summed E-state index contributed by atoms with van der Waals surface area (Å²) in [5.41, 5.74) is 11.6. The van der Waals surface area contributed by atoms with E-state index in [1.165, 1.54) is 38.7 Å². The molecule has 0 aliphatic heterocycles. The van der Waals surface area contributed by atoms with Crippen molar-refractivity contribution in [2.75, 3.05) is 9.80 Å². The van der Waals surface area contributed by atoms with Crippen molar-refractivity contribution in [3.63, 3.8) is 0 Å². The smallest absolute Gasteiger partial charge is 0.0549 e. The molecule has 0 amide bonds. The molecular formula is C43H33ClN2. The van der Waals surface area contributed by atoms with Crippen LogP contribution in [0.2, 0.25) is 5.02 Å². The average molecular weight is 613 g/mol. The van der Waals surface area contributed by atoms with Gasteiger partial charge in [0.25, 0.3) is 0 Å². The van der Waals surface area contributed by atoms with Crippen molar-refractivity contribution < 1.29 is 0 Å². The van der Waals surface area contributed by atoms with Crippen molar-refractivity contribution in [1.82, 2.24) is 0 Å². The van der Waals surface area contributed by atoms with E-state index in [1.54, 1.807) is 0 Å². The molecule has 0 radical (unpaired) electrons. The van der Waals surface area contributed by atoms with Crippen LogP contribution in [0.25, 0.3) is 21.9 Å². The highest BCUT2D eigenvalue weighted by Gasteiger charge is 2.39. The van der Waals surface area contributed by atoms with Gasteiger partial charge in [-0.05, 0) is 94.2 Å². The lowest BCUT2D eigenvalue weighted by Crippen LogP contribution is -2.17. The Labute approximate surface area is 275 Å². The molecule has 8 rings (SSSR count). The van der Waals surface area contributed by atoms with Crippen molar-refractivity contribution >= 4 is 56.5 Å². The van der Waals surface area contributed by atoms with Crippen LogP contribution in [0.4, 0.5) is 34.1 Å². The van der Waals surface area contributed by atoms with Gasteiger partial charge in [-0.2, -0.15) is 0 Å². The molecule has 0 saturated carbocycles. The van der Waals surface area contributed by atoms with Gasteiger partial charge in [-0.15, -0.1) is 0 Å². The van der Waals surface area contributed by atoms with Gasteiger partial charge < -0.3 is 9.80 Å². The lowest BCUT2D eigenvalue weighted by atomic mass is 9.80. The largest absolute Gasteiger partial charge is 0.310 e. The Morgan fingerprint density at radius 2 is 1.02 bits per heavy atom. The van der Waals surface area contributed by atoms with E-state index in [-0.39, 0.29) is 5.41 Å². The highest BCUT2D eigenvalue weighted by atomic mass is 35.5. The number of anilines is 6. The Hall–Kier alpha value is -5.31. The molecule has 0 unspecified atom stereocenters. The second kappa shape index (κ2) is 11.2. The second-order valence-electron chi connectivity index (χ2n) is 12.4. The molecular weight excluding hydrogens is 580 g/mol. The minimum atomic E-state index is -0.150. The third-order valence-corrected chi connectivity index (χ3v) is 9.44. The molecule has 0 atom stereocenters. The van der Waals surface area contributed by atoms with Crippen LogP contribution in [0.3, 0.4) is 0 Å². The Bertz CT molecular complexity index is 2200.